The monoisotopic (exact) mass is 178 g/mol. The molecule has 1 aromatic carbocycles. The van der Waals surface area contributed by atoms with Gasteiger partial charge in [-0.05, 0) is 11.6 Å². The van der Waals surface area contributed by atoms with Crippen LogP contribution >= 0.6 is 0 Å². The molecule has 1 N–H and O–H groups in total. The van der Waals surface area contributed by atoms with Crippen molar-refractivity contribution in [3.05, 3.63) is 29.8 Å². The predicted molar refractivity (Wildman–Crippen MR) is 51.0 cm³/mol. The van der Waals surface area contributed by atoms with Gasteiger partial charge in [0.1, 0.15) is 5.75 Å². The minimum absolute atomic E-state index is 0.179. The van der Waals surface area contributed by atoms with Gasteiger partial charge >= 0.3 is 0 Å². The maximum Gasteiger partial charge on any atom is 0.122 e. The Morgan fingerprint density at radius 3 is 3.00 bits per heavy atom. The number of aliphatic hydroxyl groups excluding tert-OH is 1. The zero-order valence-electron chi connectivity index (χ0n) is 7.73. The van der Waals surface area contributed by atoms with Crippen molar-refractivity contribution >= 4 is 0 Å². The van der Waals surface area contributed by atoms with Crippen LogP contribution in [0.4, 0.5) is 0 Å². The lowest BCUT2D eigenvalue weighted by Gasteiger charge is -2.15. The molecule has 2 nitrogen and oxygen atoms in total. The van der Waals surface area contributed by atoms with Crippen LogP contribution in [0.5, 0.6) is 5.75 Å². The molecule has 0 saturated carbocycles. The molecule has 0 radical (unpaired) electrons. The molecule has 0 saturated heterocycles. The van der Waals surface area contributed by atoms with Gasteiger partial charge in [-0.1, -0.05) is 25.1 Å². The van der Waals surface area contributed by atoms with Crippen molar-refractivity contribution in [2.24, 2.45) is 0 Å². The molecule has 70 valence electrons. The van der Waals surface area contributed by atoms with Gasteiger partial charge in [0.2, 0.25) is 0 Å². The van der Waals surface area contributed by atoms with E-state index in [1.807, 2.05) is 31.2 Å². The highest BCUT2D eigenvalue weighted by atomic mass is 16.5. The summed E-state index contributed by atoms with van der Waals surface area (Å²) in [5.74, 6) is 1.10. The molecule has 1 aromatic rings. The van der Waals surface area contributed by atoms with Crippen molar-refractivity contribution in [2.75, 3.05) is 6.61 Å². The second-order valence-electron chi connectivity index (χ2n) is 3.53. The average Bonchev–Trinajstić information content (AvgIpc) is 2.29. The summed E-state index contributed by atoms with van der Waals surface area (Å²) < 4.78 is 5.53. The van der Waals surface area contributed by atoms with Crippen LogP contribution in [0.2, 0.25) is 0 Å². The molecule has 1 aliphatic heterocycles. The van der Waals surface area contributed by atoms with Gasteiger partial charge in [-0.15, -0.1) is 0 Å². The van der Waals surface area contributed by atoms with Crippen molar-refractivity contribution < 1.29 is 9.84 Å². The predicted octanol–water partition coefficient (Wildman–Crippen LogP) is 1.93. The molecule has 0 spiro atoms. The molecule has 13 heavy (non-hydrogen) atoms. The van der Waals surface area contributed by atoms with Crippen molar-refractivity contribution in [1.82, 2.24) is 0 Å². The van der Waals surface area contributed by atoms with Crippen LogP contribution in [0, 0.1) is 0 Å². The lowest BCUT2D eigenvalue weighted by molar-refractivity contribution is 0.130. The Morgan fingerprint density at radius 2 is 2.15 bits per heavy atom. The van der Waals surface area contributed by atoms with Gasteiger partial charge in [-0.25, -0.2) is 0 Å². The van der Waals surface area contributed by atoms with Gasteiger partial charge in [0, 0.05) is 12.3 Å². The first kappa shape index (κ1) is 8.57. The van der Waals surface area contributed by atoms with Crippen molar-refractivity contribution in [1.29, 1.82) is 0 Å². The summed E-state index contributed by atoms with van der Waals surface area (Å²) in [6, 6.07) is 7.93. The average molecular weight is 178 g/mol. The summed E-state index contributed by atoms with van der Waals surface area (Å²) in [4.78, 5) is 0. The maximum absolute atomic E-state index is 9.72. The highest BCUT2D eigenvalue weighted by molar-refractivity contribution is 5.37. The third-order valence-electron chi connectivity index (χ3n) is 2.66. The largest absolute Gasteiger partial charge is 0.493 e. The Balaban J connectivity index is 2.40. The number of hydrogen-bond donors (Lipinski definition) is 1. The standard InChI is InChI=1S/C11H14O2/c1-8-9-4-2-3-5-11(9)13-7-6-10(8)12/h2-5,8,10,12H,6-7H2,1H3/t8-,10-/m0/s1. The number of hydrogen-bond acceptors (Lipinski definition) is 2. The van der Waals surface area contributed by atoms with Crippen LogP contribution in [-0.2, 0) is 0 Å². The molecule has 0 aliphatic carbocycles. The minimum Gasteiger partial charge on any atom is -0.493 e. The van der Waals surface area contributed by atoms with Gasteiger partial charge in [-0.3, -0.25) is 0 Å². The Morgan fingerprint density at radius 1 is 1.38 bits per heavy atom. The van der Waals surface area contributed by atoms with E-state index in [9.17, 15) is 5.11 Å². The summed E-state index contributed by atoms with van der Waals surface area (Å²) in [5, 5.41) is 9.72. The first-order valence-electron chi connectivity index (χ1n) is 4.69. The Bertz CT molecular complexity index is 296. The Kier molecular flexibility index (Phi) is 2.23. The molecule has 0 bridgehead atoms. The van der Waals surface area contributed by atoms with E-state index in [0.29, 0.717) is 6.61 Å². The highest BCUT2D eigenvalue weighted by Gasteiger charge is 2.22. The Hall–Kier alpha value is -1.02. The first-order valence-corrected chi connectivity index (χ1v) is 4.69. The third-order valence-corrected chi connectivity index (χ3v) is 2.66. The molecular formula is C11H14O2. The van der Waals surface area contributed by atoms with Gasteiger partial charge in [0.15, 0.2) is 0 Å². The molecule has 0 aromatic heterocycles. The number of para-hydroxylation sites is 1. The van der Waals surface area contributed by atoms with Crippen molar-refractivity contribution in [3.8, 4) is 5.75 Å². The molecule has 2 heteroatoms. The van der Waals surface area contributed by atoms with Gasteiger partial charge in [0.05, 0.1) is 12.7 Å². The first-order chi connectivity index (χ1) is 6.29. The molecule has 0 unspecified atom stereocenters. The fraction of sp³-hybridized carbons (Fsp3) is 0.455. The Labute approximate surface area is 78.2 Å². The van der Waals surface area contributed by atoms with Crippen LogP contribution < -0.4 is 4.74 Å². The zero-order valence-corrected chi connectivity index (χ0v) is 7.73. The number of fused-ring (bicyclic) bond motifs is 1. The number of rotatable bonds is 0. The summed E-state index contributed by atoms with van der Waals surface area (Å²) >= 11 is 0. The van der Waals surface area contributed by atoms with E-state index in [1.54, 1.807) is 0 Å². The highest BCUT2D eigenvalue weighted by Crippen LogP contribution is 2.32. The lowest BCUT2D eigenvalue weighted by Crippen LogP contribution is -2.15. The van der Waals surface area contributed by atoms with Gasteiger partial charge in [-0.2, -0.15) is 0 Å². The molecular weight excluding hydrogens is 164 g/mol. The third kappa shape index (κ3) is 1.54. The zero-order chi connectivity index (χ0) is 9.26. The topological polar surface area (TPSA) is 29.5 Å². The molecule has 0 fully saturated rings. The van der Waals surface area contributed by atoms with Gasteiger partial charge in [0.25, 0.3) is 0 Å². The van der Waals surface area contributed by atoms with E-state index in [2.05, 4.69) is 0 Å². The van der Waals surface area contributed by atoms with Crippen LogP contribution in [0.15, 0.2) is 24.3 Å². The minimum atomic E-state index is -0.274. The second-order valence-corrected chi connectivity index (χ2v) is 3.53. The SMILES string of the molecule is C[C@H]1c2ccccc2OCC[C@@H]1O. The number of benzene rings is 1. The fourth-order valence-electron chi connectivity index (χ4n) is 1.74. The van der Waals surface area contributed by atoms with Crippen molar-refractivity contribution in [3.63, 3.8) is 0 Å². The van der Waals surface area contributed by atoms with E-state index in [-0.39, 0.29) is 12.0 Å². The second kappa shape index (κ2) is 3.38. The lowest BCUT2D eigenvalue weighted by atomic mass is 9.94. The fourth-order valence-corrected chi connectivity index (χ4v) is 1.74. The summed E-state index contributed by atoms with van der Waals surface area (Å²) in [7, 11) is 0. The maximum atomic E-state index is 9.72. The van der Waals surface area contributed by atoms with Crippen LogP contribution in [0.3, 0.4) is 0 Å². The van der Waals surface area contributed by atoms with E-state index in [1.165, 1.54) is 0 Å². The molecule has 1 aliphatic rings. The van der Waals surface area contributed by atoms with Crippen LogP contribution in [0.1, 0.15) is 24.8 Å². The molecule has 0 amide bonds. The normalized spacial score (nSPS) is 27.2. The molecule has 1 heterocycles. The summed E-state index contributed by atoms with van der Waals surface area (Å²) in [6.07, 6.45) is 0.444. The van der Waals surface area contributed by atoms with Crippen LogP contribution in [0.25, 0.3) is 0 Å². The smallest absolute Gasteiger partial charge is 0.122 e. The summed E-state index contributed by atoms with van der Waals surface area (Å²) in [6.45, 7) is 2.65. The molecule has 2 atom stereocenters. The van der Waals surface area contributed by atoms with E-state index in [0.717, 1.165) is 17.7 Å². The number of ether oxygens (including phenoxy) is 1. The van der Waals surface area contributed by atoms with E-state index in [4.69, 9.17) is 4.74 Å². The summed E-state index contributed by atoms with van der Waals surface area (Å²) in [5.41, 5.74) is 1.12. The quantitative estimate of drug-likeness (QED) is 0.657. The van der Waals surface area contributed by atoms with Gasteiger partial charge < -0.3 is 9.84 Å². The van der Waals surface area contributed by atoms with E-state index >= 15 is 0 Å². The van der Waals surface area contributed by atoms with E-state index < -0.39 is 0 Å². The number of aliphatic hydroxyl groups is 1. The molecule has 2 rings (SSSR count). The van der Waals surface area contributed by atoms with Crippen LogP contribution in [-0.4, -0.2) is 17.8 Å². The van der Waals surface area contributed by atoms with Crippen molar-refractivity contribution in [2.45, 2.75) is 25.4 Å².